The van der Waals surface area contributed by atoms with Gasteiger partial charge in [-0.2, -0.15) is 0 Å². The molecule has 5 nitrogen and oxygen atoms in total. The van der Waals surface area contributed by atoms with Crippen molar-refractivity contribution in [3.8, 4) is 0 Å². The number of thiophene rings is 1. The first-order valence-corrected chi connectivity index (χ1v) is 10.8. The van der Waals surface area contributed by atoms with Gasteiger partial charge in [0.25, 0.3) is 5.91 Å². The van der Waals surface area contributed by atoms with Gasteiger partial charge in [0, 0.05) is 12.6 Å². The van der Waals surface area contributed by atoms with Crippen molar-refractivity contribution in [3.05, 3.63) is 49.6 Å². The molecule has 0 fully saturated rings. The quantitative estimate of drug-likeness (QED) is 0.715. The van der Waals surface area contributed by atoms with Crippen LogP contribution in [0.5, 0.6) is 0 Å². The molecule has 1 atom stereocenters. The van der Waals surface area contributed by atoms with Crippen LogP contribution in [0.25, 0.3) is 0 Å². The van der Waals surface area contributed by atoms with Gasteiger partial charge in [0.1, 0.15) is 0 Å². The van der Waals surface area contributed by atoms with Gasteiger partial charge in [0.05, 0.1) is 13.6 Å². The number of nitrogens with one attached hydrogen (secondary N) is 2. The van der Waals surface area contributed by atoms with Crippen molar-refractivity contribution in [2.24, 2.45) is 0 Å². The molecule has 0 radical (unpaired) electrons. The average Bonchev–Trinajstić information content (AvgIpc) is 2.89. The van der Waals surface area contributed by atoms with Gasteiger partial charge < -0.3 is 5.32 Å². The summed E-state index contributed by atoms with van der Waals surface area (Å²) >= 11 is 4.64. The monoisotopic (exact) mass is 444 g/mol. The molecule has 0 bridgehead atoms. The van der Waals surface area contributed by atoms with Gasteiger partial charge in [0.2, 0.25) is 10.0 Å². The van der Waals surface area contributed by atoms with Crippen LogP contribution in [0.3, 0.4) is 0 Å². The zero-order valence-corrected chi connectivity index (χ0v) is 17.7. The fourth-order valence-corrected chi connectivity index (χ4v) is 5.72. The maximum atomic E-state index is 12.7. The van der Waals surface area contributed by atoms with E-state index < -0.39 is 16.1 Å². The SMILES string of the molecule is Cc1cc(C)c(S(=O)(=O)N[C@H](C)CNC(=O)c2ccc(Br)s2)c(C)c1. The number of aryl methyl sites for hydroxylation is 3. The van der Waals surface area contributed by atoms with Crippen molar-refractivity contribution in [1.29, 1.82) is 0 Å². The highest BCUT2D eigenvalue weighted by atomic mass is 79.9. The fraction of sp³-hybridized carbons (Fsp3) is 0.353. The van der Waals surface area contributed by atoms with Crippen LogP contribution in [-0.4, -0.2) is 26.9 Å². The summed E-state index contributed by atoms with van der Waals surface area (Å²) in [6.45, 7) is 7.44. The van der Waals surface area contributed by atoms with E-state index in [-0.39, 0.29) is 12.5 Å². The van der Waals surface area contributed by atoms with Crippen molar-refractivity contribution in [2.75, 3.05) is 6.54 Å². The second-order valence-corrected chi connectivity index (χ2v) is 10.2. The summed E-state index contributed by atoms with van der Waals surface area (Å²) < 4.78 is 28.9. The summed E-state index contributed by atoms with van der Waals surface area (Å²) in [5.74, 6) is -0.218. The van der Waals surface area contributed by atoms with Crippen LogP contribution in [0.15, 0.2) is 32.9 Å². The number of rotatable bonds is 6. The number of carbonyl (C=O) groups excluding carboxylic acids is 1. The second-order valence-electron chi connectivity index (χ2n) is 6.06. The Balaban J connectivity index is 2.04. The van der Waals surface area contributed by atoms with Crippen LogP contribution in [-0.2, 0) is 10.0 Å². The molecule has 1 aromatic carbocycles. The Morgan fingerprint density at radius 3 is 2.32 bits per heavy atom. The van der Waals surface area contributed by atoms with Gasteiger partial charge in [-0.3, -0.25) is 4.79 Å². The van der Waals surface area contributed by atoms with Gasteiger partial charge >= 0.3 is 0 Å². The number of benzene rings is 1. The minimum atomic E-state index is -3.65. The molecule has 1 heterocycles. The van der Waals surface area contributed by atoms with Crippen molar-refractivity contribution < 1.29 is 13.2 Å². The Hall–Kier alpha value is -1.22. The summed E-state index contributed by atoms with van der Waals surface area (Å²) in [5.41, 5.74) is 2.45. The molecule has 1 aromatic heterocycles. The molecule has 0 saturated heterocycles. The third kappa shape index (κ3) is 5.13. The number of carbonyl (C=O) groups is 1. The maximum Gasteiger partial charge on any atom is 0.261 e. The zero-order valence-electron chi connectivity index (χ0n) is 14.5. The fourth-order valence-electron chi connectivity index (χ4n) is 2.73. The van der Waals surface area contributed by atoms with Crippen LogP contribution >= 0.6 is 27.3 Å². The lowest BCUT2D eigenvalue weighted by Gasteiger charge is -2.18. The third-order valence-electron chi connectivity index (χ3n) is 3.60. The summed E-state index contributed by atoms with van der Waals surface area (Å²) in [5, 5.41) is 2.75. The Bertz CT molecular complexity index is 868. The normalized spacial score (nSPS) is 12.8. The first-order chi connectivity index (χ1) is 11.6. The Morgan fingerprint density at radius 2 is 1.80 bits per heavy atom. The van der Waals surface area contributed by atoms with Gasteiger partial charge in [-0.1, -0.05) is 17.7 Å². The summed E-state index contributed by atoms with van der Waals surface area (Å²) in [7, 11) is -3.65. The van der Waals surface area contributed by atoms with Gasteiger partial charge in [0.15, 0.2) is 0 Å². The zero-order chi connectivity index (χ0) is 18.8. The molecule has 1 amide bonds. The molecule has 0 unspecified atom stereocenters. The molecule has 8 heteroatoms. The molecule has 0 spiro atoms. The van der Waals surface area contributed by atoms with E-state index in [4.69, 9.17) is 0 Å². The standard InChI is InChI=1S/C17H21BrN2O3S2/c1-10-7-11(2)16(12(3)8-10)25(22,23)20-13(4)9-19-17(21)14-5-6-15(18)24-14/h5-8,13,20H,9H2,1-4H3,(H,19,21)/t13-/m1/s1. The lowest BCUT2D eigenvalue weighted by Crippen LogP contribution is -2.42. The first kappa shape index (κ1) is 20.1. The van der Waals surface area contributed by atoms with E-state index in [1.54, 1.807) is 32.9 Å². The average molecular weight is 445 g/mol. The number of halogens is 1. The Kier molecular flexibility index (Phi) is 6.42. The highest BCUT2D eigenvalue weighted by molar-refractivity contribution is 9.11. The number of sulfonamides is 1. The molecular formula is C17H21BrN2O3S2. The minimum Gasteiger partial charge on any atom is -0.350 e. The van der Waals surface area contributed by atoms with E-state index >= 15 is 0 Å². The highest BCUT2D eigenvalue weighted by Crippen LogP contribution is 2.23. The summed E-state index contributed by atoms with van der Waals surface area (Å²) in [6, 6.07) is 6.79. The first-order valence-electron chi connectivity index (χ1n) is 7.74. The van der Waals surface area contributed by atoms with Crippen LogP contribution in [0.1, 0.15) is 33.3 Å². The lowest BCUT2D eigenvalue weighted by atomic mass is 10.1. The molecule has 0 aliphatic heterocycles. The summed E-state index contributed by atoms with van der Waals surface area (Å²) in [4.78, 5) is 12.9. The van der Waals surface area contributed by atoms with Crippen molar-refractivity contribution in [1.82, 2.24) is 10.0 Å². The Morgan fingerprint density at radius 1 is 1.20 bits per heavy atom. The van der Waals surface area contributed by atoms with E-state index in [2.05, 4.69) is 26.0 Å². The van der Waals surface area contributed by atoms with Crippen LogP contribution in [0.2, 0.25) is 0 Å². The van der Waals surface area contributed by atoms with Gasteiger partial charge in [-0.05, 0) is 66.9 Å². The van der Waals surface area contributed by atoms with E-state index in [0.29, 0.717) is 20.9 Å². The van der Waals surface area contributed by atoms with Gasteiger partial charge in [-0.15, -0.1) is 11.3 Å². The van der Waals surface area contributed by atoms with E-state index in [0.717, 1.165) is 9.35 Å². The molecule has 0 aliphatic rings. The maximum absolute atomic E-state index is 12.7. The van der Waals surface area contributed by atoms with Crippen molar-refractivity contribution in [3.63, 3.8) is 0 Å². The third-order valence-corrected chi connectivity index (χ3v) is 7.11. The molecule has 136 valence electrons. The molecule has 2 N–H and O–H groups in total. The van der Waals surface area contributed by atoms with Crippen molar-refractivity contribution >= 4 is 43.2 Å². The molecular weight excluding hydrogens is 424 g/mol. The topological polar surface area (TPSA) is 75.3 Å². The molecule has 2 aromatic rings. The van der Waals surface area contributed by atoms with Crippen molar-refractivity contribution in [2.45, 2.75) is 38.6 Å². The van der Waals surface area contributed by atoms with E-state index in [1.807, 2.05) is 19.1 Å². The van der Waals surface area contributed by atoms with Crippen LogP contribution in [0.4, 0.5) is 0 Å². The number of hydrogen-bond acceptors (Lipinski definition) is 4. The molecule has 0 aliphatic carbocycles. The second kappa shape index (κ2) is 7.99. The van der Waals surface area contributed by atoms with Gasteiger partial charge in [-0.25, -0.2) is 13.1 Å². The summed E-state index contributed by atoms with van der Waals surface area (Å²) in [6.07, 6.45) is 0. The molecule has 2 rings (SSSR count). The van der Waals surface area contributed by atoms with E-state index in [1.165, 1.54) is 11.3 Å². The largest absolute Gasteiger partial charge is 0.350 e. The molecule has 0 saturated carbocycles. The van der Waals surface area contributed by atoms with Crippen LogP contribution in [0, 0.1) is 20.8 Å². The van der Waals surface area contributed by atoms with Crippen LogP contribution < -0.4 is 10.0 Å². The van der Waals surface area contributed by atoms with E-state index in [9.17, 15) is 13.2 Å². The predicted molar refractivity (Wildman–Crippen MR) is 105 cm³/mol. The smallest absolute Gasteiger partial charge is 0.261 e. The number of hydrogen-bond donors (Lipinski definition) is 2. The highest BCUT2D eigenvalue weighted by Gasteiger charge is 2.22. The predicted octanol–water partition coefficient (Wildman–Crippen LogP) is 3.53. The molecule has 25 heavy (non-hydrogen) atoms. The lowest BCUT2D eigenvalue weighted by molar-refractivity contribution is 0.0955. The minimum absolute atomic E-state index is 0.206. The Labute approximate surface area is 161 Å². The number of amides is 1.